The SMILES string of the molecule is COCC(NC1CCN(Cc2ccc(Oc3ccc(NS(C)(=O)=O)cc3)cc2)CC1)C(=O)NCCC1CCCCC1. The quantitative estimate of drug-likeness (QED) is 0.299. The lowest BCUT2D eigenvalue weighted by Gasteiger charge is -2.34. The lowest BCUT2D eigenvalue weighted by atomic mass is 9.87. The molecular weight excluding hydrogens is 540 g/mol. The minimum atomic E-state index is -3.31. The molecule has 4 rings (SSSR count). The number of ether oxygens (including phenoxy) is 2. The van der Waals surface area contributed by atoms with E-state index in [1.807, 2.05) is 12.1 Å². The highest BCUT2D eigenvalue weighted by Gasteiger charge is 2.26. The molecule has 2 aromatic carbocycles. The third kappa shape index (κ3) is 10.9. The summed E-state index contributed by atoms with van der Waals surface area (Å²) in [6, 6.07) is 14.8. The van der Waals surface area contributed by atoms with E-state index < -0.39 is 10.0 Å². The summed E-state index contributed by atoms with van der Waals surface area (Å²) in [5.41, 5.74) is 1.71. The summed E-state index contributed by atoms with van der Waals surface area (Å²) >= 11 is 0. The van der Waals surface area contributed by atoms with Crippen molar-refractivity contribution < 1.29 is 22.7 Å². The number of nitrogens with one attached hydrogen (secondary N) is 3. The molecule has 2 aromatic rings. The minimum absolute atomic E-state index is 0.0499. The maximum absolute atomic E-state index is 12.9. The molecule has 2 aliphatic rings. The Balaban J connectivity index is 1.17. The van der Waals surface area contributed by atoms with Gasteiger partial charge in [0.25, 0.3) is 0 Å². The largest absolute Gasteiger partial charge is 0.457 e. The molecule has 0 bridgehead atoms. The Morgan fingerprint density at radius 3 is 2.20 bits per heavy atom. The van der Waals surface area contributed by atoms with Crippen LogP contribution in [0.25, 0.3) is 0 Å². The number of amides is 1. The van der Waals surface area contributed by atoms with E-state index in [-0.39, 0.29) is 11.9 Å². The van der Waals surface area contributed by atoms with Crippen LogP contribution in [0.1, 0.15) is 56.9 Å². The molecule has 10 heteroatoms. The number of sulfonamides is 1. The van der Waals surface area contributed by atoms with Crippen LogP contribution in [0, 0.1) is 5.92 Å². The van der Waals surface area contributed by atoms with Crippen LogP contribution in [0.2, 0.25) is 0 Å². The van der Waals surface area contributed by atoms with Gasteiger partial charge in [0.15, 0.2) is 0 Å². The van der Waals surface area contributed by atoms with Gasteiger partial charge in [-0.3, -0.25) is 14.4 Å². The van der Waals surface area contributed by atoms with Crippen LogP contribution >= 0.6 is 0 Å². The third-order valence-corrected chi connectivity index (χ3v) is 8.58. The van der Waals surface area contributed by atoms with Crippen LogP contribution < -0.4 is 20.1 Å². The van der Waals surface area contributed by atoms with Crippen LogP contribution in [-0.2, 0) is 26.1 Å². The first-order valence-electron chi connectivity index (χ1n) is 14.9. The van der Waals surface area contributed by atoms with E-state index in [9.17, 15) is 13.2 Å². The molecular formula is C31H46N4O5S. The second-order valence-corrected chi connectivity index (χ2v) is 13.2. The van der Waals surface area contributed by atoms with Crippen molar-refractivity contribution in [3.8, 4) is 11.5 Å². The highest BCUT2D eigenvalue weighted by molar-refractivity contribution is 7.92. The first kappa shape index (κ1) is 31.3. The van der Waals surface area contributed by atoms with Crippen LogP contribution in [0.15, 0.2) is 48.5 Å². The van der Waals surface area contributed by atoms with Crippen LogP contribution in [0.4, 0.5) is 5.69 Å². The van der Waals surface area contributed by atoms with Crippen LogP contribution in [0.3, 0.4) is 0 Å². The maximum Gasteiger partial charge on any atom is 0.239 e. The molecule has 1 aliphatic heterocycles. The van der Waals surface area contributed by atoms with Gasteiger partial charge >= 0.3 is 0 Å². The Labute approximate surface area is 245 Å². The zero-order valence-corrected chi connectivity index (χ0v) is 25.3. The van der Waals surface area contributed by atoms with Crippen molar-refractivity contribution in [1.82, 2.24) is 15.5 Å². The molecule has 41 heavy (non-hydrogen) atoms. The molecule has 1 saturated heterocycles. The summed E-state index contributed by atoms with van der Waals surface area (Å²) in [6.07, 6.45) is 10.8. The van der Waals surface area contributed by atoms with E-state index in [1.54, 1.807) is 31.4 Å². The molecule has 1 atom stereocenters. The molecule has 1 heterocycles. The molecule has 1 unspecified atom stereocenters. The third-order valence-electron chi connectivity index (χ3n) is 7.97. The molecule has 0 radical (unpaired) electrons. The van der Waals surface area contributed by atoms with Gasteiger partial charge < -0.3 is 20.1 Å². The zero-order valence-electron chi connectivity index (χ0n) is 24.4. The standard InChI is InChI=1S/C31H46N4O5S/c1-39-23-30(31(36)32-19-16-24-6-4-3-5-7-24)33-26-17-20-35(21-18-26)22-25-8-12-28(13-9-25)40-29-14-10-27(11-15-29)34-41(2,37)38/h8-15,24,26,30,33-34H,3-7,16-23H2,1-2H3,(H,32,36). The summed E-state index contributed by atoms with van der Waals surface area (Å²) in [5, 5.41) is 6.71. The molecule has 0 aromatic heterocycles. The van der Waals surface area contributed by atoms with Crippen LogP contribution in [-0.4, -0.2) is 70.9 Å². The number of hydrogen-bond acceptors (Lipinski definition) is 7. The van der Waals surface area contributed by atoms with Crippen molar-refractivity contribution in [2.45, 2.75) is 70.0 Å². The fourth-order valence-electron chi connectivity index (χ4n) is 5.77. The summed E-state index contributed by atoms with van der Waals surface area (Å²) < 4.78 is 36.4. The second-order valence-electron chi connectivity index (χ2n) is 11.5. The van der Waals surface area contributed by atoms with E-state index >= 15 is 0 Å². The highest BCUT2D eigenvalue weighted by Crippen LogP contribution is 2.26. The summed E-state index contributed by atoms with van der Waals surface area (Å²) in [4.78, 5) is 15.3. The molecule has 226 valence electrons. The van der Waals surface area contributed by atoms with Gasteiger partial charge in [-0.1, -0.05) is 44.2 Å². The Morgan fingerprint density at radius 1 is 0.951 bits per heavy atom. The second kappa shape index (κ2) is 15.5. The van der Waals surface area contributed by atoms with Gasteiger partial charge in [-0.15, -0.1) is 0 Å². The number of piperidine rings is 1. The average molecular weight is 587 g/mol. The highest BCUT2D eigenvalue weighted by atomic mass is 32.2. The van der Waals surface area contributed by atoms with E-state index in [0.29, 0.717) is 24.1 Å². The zero-order chi connectivity index (χ0) is 29.1. The summed E-state index contributed by atoms with van der Waals surface area (Å²) in [5.74, 6) is 2.17. The Kier molecular flexibility index (Phi) is 11.9. The maximum atomic E-state index is 12.9. The molecule has 2 fully saturated rings. The molecule has 3 N–H and O–H groups in total. The minimum Gasteiger partial charge on any atom is -0.457 e. The lowest BCUT2D eigenvalue weighted by molar-refractivity contribution is -0.124. The summed E-state index contributed by atoms with van der Waals surface area (Å²) in [7, 11) is -1.66. The predicted molar refractivity (Wildman–Crippen MR) is 163 cm³/mol. The molecule has 1 aliphatic carbocycles. The van der Waals surface area contributed by atoms with Crippen molar-refractivity contribution in [3.05, 3.63) is 54.1 Å². The molecule has 9 nitrogen and oxygen atoms in total. The normalized spacial score (nSPS) is 18.1. The Hall–Kier alpha value is -2.66. The van der Waals surface area contributed by atoms with Gasteiger partial charge in [-0.25, -0.2) is 8.42 Å². The monoisotopic (exact) mass is 586 g/mol. The smallest absolute Gasteiger partial charge is 0.239 e. The van der Waals surface area contributed by atoms with Crippen LogP contribution in [0.5, 0.6) is 11.5 Å². The van der Waals surface area contributed by atoms with Crippen molar-refractivity contribution in [2.24, 2.45) is 5.92 Å². The van der Waals surface area contributed by atoms with E-state index in [4.69, 9.17) is 9.47 Å². The summed E-state index contributed by atoms with van der Waals surface area (Å²) in [6.45, 7) is 3.93. The molecule has 1 amide bonds. The number of hydrogen-bond donors (Lipinski definition) is 3. The van der Waals surface area contributed by atoms with Gasteiger partial charge in [0.2, 0.25) is 15.9 Å². The number of methoxy groups -OCH3 is 1. The fraction of sp³-hybridized carbons (Fsp3) is 0.581. The number of nitrogens with zero attached hydrogens (tertiary/aromatic N) is 1. The fourth-order valence-corrected chi connectivity index (χ4v) is 6.33. The number of carbonyl (C=O) groups is 1. The van der Waals surface area contributed by atoms with E-state index in [2.05, 4.69) is 32.4 Å². The van der Waals surface area contributed by atoms with Crippen molar-refractivity contribution in [2.75, 3.05) is 44.3 Å². The van der Waals surface area contributed by atoms with Gasteiger partial charge in [0, 0.05) is 31.9 Å². The van der Waals surface area contributed by atoms with Crippen molar-refractivity contribution >= 4 is 21.6 Å². The number of rotatable bonds is 14. The number of likely N-dealkylation sites (tertiary alicyclic amines) is 1. The van der Waals surface area contributed by atoms with Gasteiger partial charge in [0.1, 0.15) is 17.5 Å². The van der Waals surface area contributed by atoms with Gasteiger partial charge in [0.05, 0.1) is 12.9 Å². The average Bonchev–Trinajstić information content (AvgIpc) is 2.96. The van der Waals surface area contributed by atoms with E-state index in [0.717, 1.165) is 63.4 Å². The lowest BCUT2D eigenvalue weighted by Crippen LogP contribution is -2.53. The number of carbonyl (C=O) groups excluding carboxylic acids is 1. The molecule has 1 saturated carbocycles. The first-order valence-corrected chi connectivity index (χ1v) is 16.8. The predicted octanol–water partition coefficient (Wildman–Crippen LogP) is 4.51. The number of anilines is 1. The first-order chi connectivity index (χ1) is 19.8. The van der Waals surface area contributed by atoms with Gasteiger partial charge in [-0.2, -0.15) is 0 Å². The Bertz CT molecular complexity index is 1180. The Morgan fingerprint density at radius 2 is 1.59 bits per heavy atom. The van der Waals surface area contributed by atoms with Gasteiger partial charge in [-0.05, 0) is 80.2 Å². The number of benzene rings is 2. The topological polar surface area (TPSA) is 109 Å². The van der Waals surface area contributed by atoms with E-state index in [1.165, 1.54) is 37.7 Å². The molecule has 0 spiro atoms. The van der Waals surface area contributed by atoms with Crippen molar-refractivity contribution in [3.63, 3.8) is 0 Å². The van der Waals surface area contributed by atoms with Crippen molar-refractivity contribution in [1.29, 1.82) is 0 Å².